The van der Waals surface area contributed by atoms with Gasteiger partial charge in [-0.1, -0.05) is 57.2 Å². The number of carbonyl (C=O) groups excluding carboxylic acids is 1. The fourth-order valence-corrected chi connectivity index (χ4v) is 2.28. The first-order valence-electron chi connectivity index (χ1n) is 7.83. The number of rotatable bonds is 3. The zero-order valence-corrected chi connectivity index (χ0v) is 14.3. The highest BCUT2D eigenvalue weighted by Crippen LogP contribution is 2.34. The van der Waals surface area contributed by atoms with Crippen LogP contribution in [0.5, 0.6) is 0 Å². The molecule has 0 radical (unpaired) electrons. The molecule has 1 amide bonds. The van der Waals surface area contributed by atoms with Crippen molar-refractivity contribution in [2.45, 2.75) is 32.4 Å². The molecule has 5 heteroatoms. The van der Waals surface area contributed by atoms with Gasteiger partial charge < -0.3 is 5.32 Å². The second kappa shape index (κ2) is 7.13. The highest BCUT2D eigenvalue weighted by molar-refractivity contribution is 6.02. The van der Waals surface area contributed by atoms with Gasteiger partial charge in [0.1, 0.15) is 0 Å². The van der Waals surface area contributed by atoms with Crippen LogP contribution < -0.4 is 5.32 Å². The van der Waals surface area contributed by atoms with E-state index in [9.17, 15) is 18.0 Å². The summed E-state index contributed by atoms with van der Waals surface area (Å²) in [6.07, 6.45) is -1.73. The maximum absolute atomic E-state index is 12.9. The van der Waals surface area contributed by atoms with Gasteiger partial charge in [-0.05, 0) is 34.8 Å². The predicted octanol–water partition coefficient (Wildman–Crippen LogP) is 5.65. The van der Waals surface area contributed by atoms with Crippen LogP contribution in [-0.4, -0.2) is 5.91 Å². The third kappa shape index (κ3) is 5.21. The van der Waals surface area contributed by atoms with Gasteiger partial charge in [0.25, 0.3) is 0 Å². The zero-order valence-electron chi connectivity index (χ0n) is 14.3. The van der Waals surface area contributed by atoms with Crippen LogP contribution in [0.25, 0.3) is 6.08 Å². The van der Waals surface area contributed by atoms with Crippen LogP contribution in [0.15, 0.2) is 54.6 Å². The van der Waals surface area contributed by atoms with E-state index in [-0.39, 0.29) is 11.1 Å². The second-order valence-electron chi connectivity index (χ2n) is 6.74. The van der Waals surface area contributed by atoms with Crippen molar-refractivity contribution in [3.63, 3.8) is 0 Å². The van der Waals surface area contributed by atoms with Crippen molar-refractivity contribution in [3.8, 4) is 0 Å². The molecule has 2 aromatic carbocycles. The molecule has 0 unspecified atom stereocenters. The molecular formula is C20H20F3NO. The Morgan fingerprint density at radius 1 is 0.960 bits per heavy atom. The molecule has 0 spiro atoms. The Bertz CT molecular complexity index is 769. The number of carbonyl (C=O) groups is 1. The summed E-state index contributed by atoms with van der Waals surface area (Å²) in [6, 6.07) is 12.6. The Morgan fingerprint density at radius 3 is 2.12 bits per heavy atom. The first-order valence-corrected chi connectivity index (χ1v) is 7.83. The lowest BCUT2D eigenvalue weighted by Gasteiger charge is -2.18. The van der Waals surface area contributed by atoms with Crippen molar-refractivity contribution >= 4 is 17.7 Å². The van der Waals surface area contributed by atoms with E-state index in [1.165, 1.54) is 24.3 Å². The van der Waals surface area contributed by atoms with Crippen LogP contribution in [0.2, 0.25) is 0 Å². The highest BCUT2D eigenvalue weighted by Gasteiger charge is 2.33. The molecule has 0 bridgehead atoms. The predicted molar refractivity (Wildman–Crippen MR) is 94.2 cm³/mol. The average Bonchev–Trinajstić information content (AvgIpc) is 2.52. The van der Waals surface area contributed by atoms with Gasteiger partial charge in [0, 0.05) is 6.08 Å². The summed E-state index contributed by atoms with van der Waals surface area (Å²) in [5.74, 6) is -0.614. The maximum atomic E-state index is 12.9. The highest BCUT2D eigenvalue weighted by atomic mass is 19.4. The number of nitrogens with one attached hydrogen (secondary N) is 1. The summed E-state index contributed by atoms with van der Waals surface area (Å²) >= 11 is 0. The van der Waals surface area contributed by atoms with Crippen molar-refractivity contribution < 1.29 is 18.0 Å². The van der Waals surface area contributed by atoms with Crippen molar-refractivity contribution in [1.29, 1.82) is 0 Å². The minimum absolute atomic E-state index is 0.0287. The summed E-state index contributed by atoms with van der Waals surface area (Å²) in [7, 11) is 0. The number of para-hydroxylation sites is 1. The van der Waals surface area contributed by atoms with Crippen LogP contribution in [0, 0.1) is 0 Å². The molecule has 2 nitrogen and oxygen atoms in total. The third-order valence-corrected chi connectivity index (χ3v) is 3.69. The van der Waals surface area contributed by atoms with Crippen LogP contribution in [-0.2, 0) is 16.4 Å². The van der Waals surface area contributed by atoms with Gasteiger partial charge >= 0.3 is 6.18 Å². The van der Waals surface area contributed by atoms with Gasteiger partial charge in [-0.25, -0.2) is 0 Å². The number of halogens is 3. The zero-order chi connectivity index (χ0) is 18.7. The summed E-state index contributed by atoms with van der Waals surface area (Å²) in [4.78, 5) is 11.9. The molecule has 132 valence electrons. The van der Waals surface area contributed by atoms with Gasteiger partial charge in [0.05, 0.1) is 11.3 Å². The molecular weight excluding hydrogens is 327 g/mol. The van der Waals surface area contributed by atoms with Crippen molar-refractivity contribution in [1.82, 2.24) is 0 Å². The van der Waals surface area contributed by atoms with Gasteiger partial charge in [-0.3, -0.25) is 4.79 Å². The molecule has 0 aliphatic heterocycles. The monoisotopic (exact) mass is 347 g/mol. The minimum Gasteiger partial charge on any atom is -0.322 e. The molecule has 2 aromatic rings. The molecule has 0 fully saturated rings. The number of hydrogen-bond donors (Lipinski definition) is 1. The molecule has 0 heterocycles. The standard InChI is InChI=1S/C20H20F3NO/c1-19(2,3)15-11-8-14(9-12-15)10-13-18(25)24-17-7-5-4-6-16(17)20(21,22)23/h4-13H,1-3H3,(H,24,25)/b13-10+. The fourth-order valence-electron chi connectivity index (χ4n) is 2.28. The smallest absolute Gasteiger partial charge is 0.322 e. The van der Waals surface area contributed by atoms with E-state index in [0.29, 0.717) is 0 Å². The average molecular weight is 347 g/mol. The first kappa shape index (κ1) is 18.8. The summed E-state index contributed by atoms with van der Waals surface area (Å²) < 4.78 is 38.7. The van der Waals surface area contributed by atoms with Crippen molar-refractivity contribution in [2.75, 3.05) is 5.32 Å². The van der Waals surface area contributed by atoms with E-state index in [0.717, 1.165) is 17.2 Å². The Kier molecular flexibility index (Phi) is 5.36. The molecule has 0 aromatic heterocycles. The third-order valence-electron chi connectivity index (χ3n) is 3.69. The van der Waals surface area contributed by atoms with Crippen LogP contribution in [0.4, 0.5) is 18.9 Å². The lowest BCUT2D eigenvalue weighted by atomic mass is 9.87. The lowest BCUT2D eigenvalue weighted by Crippen LogP contribution is -2.14. The number of alkyl halides is 3. The van der Waals surface area contributed by atoms with E-state index in [1.54, 1.807) is 6.08 Å². The molecule has 0 atom stereocenters. The Morgan fingerprint density at radius 2 is 1.56 bits per heavy atom. The SMILES string of the molecule is CC(C)(C)c1ccc(/C=C/C(=O)Nc2ccccc2C(F)(F)F)cc1. The minimum atomic E-state index is -4.52. The van der Waals surface area contributed by atoms with Crippen LogP contribution in [0.3, 0.4) is 0 Å². The van der Waals surface area contributed by atoms with Crippen LogP contribution >= 0.6 is 0 Å². The molecule has 1 N–H and O–H groups in total. The molecule has 25 heavy (non-hydrogen) atoms. The number of hydrogen-bond acceptors (Lipinski definition) is 1. The second-order valence-corrected chi connectivity index (χ2v) is 6.74. The molecule has 0 aliphatic carbocycles. The van der Waals surface area contributed by atoms with E-state index in [2.05, 4.69) is 26.1 Å². The number of amides is 1. The Labute approximate surface area is 145 Å². The van der Waals surface area contributed by atoms with E-state index in [4.69, 9.17) is 0 Å². The fraction of sp³-hybridized carbons (Fsp3) is 0.250. The summed E-state index contributed by atoms with van der Waals surface area (Å²) in [6.45, 7) is 6.30. The van der Waals surface area contributed by atoms with Crippen LogP contribution in [0.1, 0.15) is 37.5 Å². The summed E-state index contributed by atoms with van der Waals surface area (Å²) in [5.41, 5.74) is 0.862. The summed E-state index contributed by atoms with van der Waals surface area (Å²) in [5, 5.41) is 2.28. The van der Waals surface area contributed by atoms with Crippen molar-refractivity contribution in [2.24, 2.45) is 0 Å². The Balaban J connectivity index is 2.10. The van der Waals surface area contributed by atoms with Crippen molar-refractivity contribution in [3.05, 3.63) is 71.3 Å². The normalized spacial score (nSPS) is 12.4. The number of benzene rings is 2. The van der Waals surface area contributed by atoms with Gasteiger partial charge in [-0.2, -0.15) is 13.2 Å². The Hall–Kier alpha value is -2.56. The van der Waals surface area contributed by atoms with E-state index < -0.39 is 17.6 Å². The largest absolute Gasteiger partial charge is 0.418 e. The van der Waals surface area contributed by atoms with Gasteiger partial charge in [0.15, 0.2) is 0 Å². The van der Waals surface area contributed by atoms with Gasteiger partial charge in [-0.15, -0.1) is 0 Å². The van der Waals surface area contributed by atoms with E-state index >= 15 is 0 Å². The lowest BCUT2D eigenvalue weighted by molar-refractivity contribution is -0.136. The van der Waals surface area contributed by atoms with Gasteiger partial charge in [0.2, 0.25) is 5.91 Å². The molecule has 0 saturated carbocycles. The van der Waals surface area contributed by atoms with E-state index in [1.807, 2.05) is 24.3 Å². The molecule has 0 aliphatic rings. The maximum Gasteiger partial charge on any atom is 0.418 e. The molecule has 2 rings (SSSR count). The first-order chi connectivity index (χ1) is 11.6. The topological polar surface area (TPSA) is 29.1 Å². The molecule has 0 saturated heterocycles. The quantitative estimate of drug-likeness (QED) is 0.714. The number of anilines is 1.